The number of methoxy groups -OCH3 is 1. The largest absolute Gasteiger partial charge is 0.469 e. The Balaban J connectivity index is 0.00000529. The summed E-state index contributed by atoms with van der Waals surface area (Å²) in [7, 11) is 3.13. The molecule has 24 heavy (non-hydrogen) atoms. The highest BCUT2D eigenvalue weighted by Gasteiger charge is 2.00. The summed E-state index contributed by atoms with van der Waals surface area (Å²) in [6, 6.07) is 6.39. The molecule has 0 amide bonds. The maximum absolute atomic E-state index is 12.8. The number of esters is 1. The first-order valence-electron chi connectivity index (χ1n) is 7.91. The van der Waals surface area contributed by atoms with Crippen molar-refractivity contribution in [2.45, 2.75) is 38.6 Å². The second-order valence-electron chi connectivity index (χ2n) is 5.22. The molecule has 0 atom stereocenters. The van der Waals surface area contributed by atoms with E-state index in [4.69, 9.17) is 0 Å². The third kappa shape index (κ3) is 10.4. The molecule has 5 nitrogen and oxygen atoms in total. The van der Waals surface area contributed by atoms with Gasteiger partial charge in [0, 0.05) is 26.6 Å². The lowest BCUT2D eigenvalue weighted by Crippen LogP contribution is -2.37. The molecule has 2 N–H and O–H groups in total. The average molecular weight is 451 g/mol. The molecule has 1 aromatic rings. The van der Waals surface area contributed by atoms with Gasteiger partial charge < -0.3 is 15.4 Å². The quantitative estimate of drug-likeness (QED) is 0.199. The van der Waals surface area contributed by atoms with E-state index in [2.05, 4.69) is 20.4 Å². The predicted molar refractivity (Wildman–Crippen MR) is 105 cm³/mol. The van der Waals surface area contributed by atoms with Crippen LogP contribution in [-0.2, 0) is 16.1 Å². The number of aliphatic imine (C=N–C) groups is 1. The van der Waals surface area contributed by atoms with E-state index in [0.717, 1.165) is 43.8 Å². The van der Waals surface area contributed by atoms with Crippen LogP contribution in [0.15, 0.2) is 29.3 Å². The summed E-state index contributed by atoms with van der Waals surface area (Å²) in [6.07, 6.45) is 4.44. The first kappa shape index (κ1) is 22.6. The Morgan fingerprint density at radius 3 is 2.42 bits per heavy atom. The van der Waals surface area contributed by atoms with Crippen molar-refractivity contribution in [3.05, 3.63) is 35.6 Å². The monoisotopic (exact) mass is 451 g/mol. The number of halogens is 2. The smallest absolute Gasteiger partial charge is 0.305 e. The fourth-order valence-corrected chi connectivity index (χ4v) is 2.07. The average Bonchev–Trinajstić information content (AvgIpc) is 2.57. The van der Waals surface area contributed by atoms with E-state index in [-0.39, 0.29) is 35.8 Å². The highest BCUT2D eigenvalue weighted by atomic mass is 127. The summed E-state index contributed by atoms with van der Waals surface area (Å²) in [6.45, 7) is 1.42. The van der Waals surface area contributed by atoms with Gasteiger partial charge in [-0.25, -0.2) is 4.39 Å². The number of rotatable bonds is 9. The van der Waals surface area contributed by atoms with Crippen molar-refractivity contribution in [3.63, 3.8) is 0 Å². The van der Waals surface area contributed by atoms with Gasteiger partial charge in [0.2, 0.25) is 0 Å². The minimum atomic E-state index is -0.233. The van der Waals surface area contributed by atoms with E-state index in [1.54, 1.807) is 19.2 Å². The summed E-state index contributed by atoms with van der Waals surface area (Å²) in [4.78, 5) is 15.1. The molecule has 0 saturated carbocycles. The van der Waals surface area contributed by atoms with Crippen molar-refractivity contribution in [2.75, 3.05) is 20.7 Å². The zero-order chi connectivity index (χ0) is 16.9. The number of guanidine groups is 1. The molecule has 1 aromatic carbocycles. The molecule has 0 heterocycles. The number of benzene rings is 1. The molecule has 0 spiro atoms. The predicted octanol–water partition coefficient (Wildman–Crippen LogP) is 3.23. The van der Waals surface area contributed by atoms with Gasteiger partial charge in [-0.05, 0) is 30.5 Å². The fraction of sp³-hybridized carbons (Fsp3) is 0.529. The first-order valence-corrected chi connectivity index (χ1v) is 7.91. The number of carbonyl (C=O) groups excluding carboxylic acids is 1. The number of unbranched alkanes of at least 4 members (excludes halogenated alkanes) is 3. The van der Waals surface area contributed by atoms with E-state index >= 15 is 0 Å². The van der Waals surface area contributed by atoms with Crippen LogP contribution < -0.4 is 10.6 Å². The molecule has 0 aliphatic heterocycles. The van der Waals surface area contributed by atoms with Gasteiger partial charge in [-0.3, -0.25) is 9.79 Å². The van der Waals surface area contributed by atoms with E-state index in [1.807, 2.05) is 0 Å². The van der Waals surface area contributed by atoms with Crippen LogP contribution in [0.4, 0.5) is 4.39 Å². The number of hydrogen-bond donors (Lipinski definition) is 2. The fourth-order valence-electron chi connectivity index (χ4n) is 2.07. The molecule has 0 unspecified atom stereocenters. The number of hydrogen-bond acceptors (Lipinski definition) is 3. The van der Waals surface area contributed by atoms with Crippen LogP contribution in [-0.4, -0.2) is 32.6 Å². The van der Waals surface area contributed by atoms with Crippen molar-refractivity contribution < 1.29 is 13.9 Å². The summed E-state index contributed by atoms with van der Waals surface area (Å²) < 4.78 is 17.4. The lowest BCUT2D eigenvalue weighted by molar-refractivity contribution is -0.140. The Labute approximate surface area is 160 Å². The summed E-state index contributed by atoms with van der Waals surface area (Å²) >= 11 is 0. The molecule has 0 saturated heterocycles. The van der Waals surface area contributed by atoms with E-state index in [0.29, 0.717) is 13.0 Å². The van der Waals surface area contributed by atoms with Gasteiger partial charge in [0.05, 0.1) is 7.11 Å². The molecule has 0 bridgehead atoms. The Morgan fingerprint density at radius 2 is 1.79 bits per heavy atom. The third-order valence-corrected chi connectivity index (χ3v) is 3.42. The lowest BCUT2D eigenvalue weighted by atomic mass is 10.1. The van der Waals surface area contributed by atoms with Crippen LogP contribution in [0.3, 0.4) is 0 Å². The third-order valence-electron chi connectivity index (χ3n) is 3.42. The van der Waals surface area contributed by atoms with Crippen molar-refractivity contribution >= 4 is 35.9 Å². The van der Waals surface area contributed by atoms with Crippen LogP contribution in [0.25, 0.3) is 0 Å². The second kappa shape index (κ2) is 14.0. The summed E-state index contributed by atoms with van der Waals surface area (Å²) in [5, 5.41) is 6.42. The molecule has 136 valence electrons. The molecule has 0 aliphatic carbocycles. The molecule has 0 fully saturated rings. The molecule has 7 heteroatoms. The van der Waals surface area contributed by atoms with Crippen LogP contribution in [0.5, 0.6) is 0 Å². The van der Waals surface area contributed by atoms with E-state index in [1.165, 1.54) is 19.2 Å². The van der Waals surface area contributed by atoms with E-state index in [9.17, 15) is 9.18 Å². The van der Waals surface area contributed by atoms with Gasteiger partial charge >= 0.3 is 5.97 Å². The Kier molecular flexibility index (Phi) is 13.2. The standard InChI is InChI=1S/C17H26FN3O2.HI/c1-19-17(21-13-14-8-10-15(18)11-9-14)20-12-6-4-3-5-7-16(22)23-2;/h8-11H,3-7,12-13H2,1-2H3,(H2,19,20,21);1H. The lowest BCUT2D eigenvalue weighted by Gasteiger charge is -2.12. The highest BCUT2D eigenvalue weighted by Crippen LogP contribution is 2.03. The van der Waals surface area contributed by atoms with Crippen molar-refractivity contribution in [1.82, 2.24) is 10.6 Å². The number of nitrogens with one attached hydrogen (secondary N) is 2. The Hall–Kier alpha value is -1.38. The minimum Gasteiger partial charge on any atom is -0.469 e. The Morgan fingerprint density at radius 1 is 1.12 bits per heavy atom. The highest BCUT2D eigenvalue weighted by molar-refractivity contribution is 14.0. The number of nitrogens with zero attached hydrogens (tertiary/aromatic N) is 1. The molecule has 1 rings (SSSR count). The topological polar surface area (TPSA) is 62.7 Å². The second-order valence-corrected chi connectivity index (χ2v) is 5.22. The number of carbonyl (C=O) groups is 1. The molecule has 0 aliphatic rings. The SMILES string of the molecule is CN=C(NCCCCCCC(=O)OC)NCc1ccc(F)cc1.I. The van der Waals surface area contributed by atoms with Crippen LogP contribution in [0.1, 0.15) is 37.7 Å². The van der Waals surface area contributed by atoms with Crippen molar-refractivity contribution in [1.29, 1.82) is 0 Å². The van der Waals surface area contributed by atoms with Crippen molar-refractivity contribution in [3.8, 4) is 0 Å². The maximum Gasteiger partial charge on any atom is 0.305 e. The first-order chi connectivity index (χ1) is 11.2. The zero-order valence-corrected chi connectivity index (χ0v) is 16.6. The molecular formula is C17H27FIN3O2. The van der Waals surface area contributed by atoms with Gasteiger partial charge in [0.25, 0.3) is 0 Å². The van der Waals surface area contributed by atoms with Crippen LogP contribution in [0.2, 0.25) is 0 Å². The maximum atomic E-state index is 12.8. The van der Waals surface area contributed by atoms with Gasteiger partial charge in [0.1, 0.15) is 5.82 Å². The minimum absolute atomic E-state index is 0. The van der Waals surface area contributed by atoms with Crippen LogP contribution in [0, 0.1) is 5.82 Å². The van der Waals surface area contributed by atoms with Gasteiger partial charge in [0.15, 0.2) is 5.96 Å². The molecule has 0 aromatic heterocycles. The summed E-state index contributed by atoms with van der Waals surface area (Å²) in [5.74, 6) is 0.348. The number of ether oxygens (including phenoxy) is 1. The normalized spacial score (nSPS) is 10.7. The molecule has 0 radical (unpaired) electrons. The van der Waals surface area contributed by atoms with Gasteiger partial charge in [-0.1, -0.05) is 25.0 Å². The molecular weight excluding hydrogens is 424 g/mol. The van der Waals surface area contributed by atoms with Gasteiger partial charge in [-0.15, -0.1) is 24.0 Å². The van der Waals surface area contributed by atoms with E-state index < -0.39 is 0 Å². The van der Waals surface area contributed by atoms with Crippen LogP contribution >= 0.6 is 24.0 Å². The zero-order valence-electron chi connectivity index (χ0n) is 14.3. The Bertz CT molecular complexity index is 495. The summed E-state index contributed by atoms with van der Waals surface area (Å²) in [5.41, 5.74) is 0.997. The van der Waals surface area contributed by atoms with Crippen molar-refractivity contribution in [2.24, 2.45) is 4.99 Å². The van der Waals surface area contributed by atoms with Gasteiger partial charge in [-0.2, -0.15) is 0 Å².